The third kappa shape index (κ3) is 2.63. The number of rotatable bonds is 2. The molecular formula is C11H7Cl3N2O. The van der Waals surface area contributed by atoms with E-state index in [-0.39, 0.29) is 10.7 Å². The van der Waals surface area contributed by atoms with Crippen LogP contribution in [0.15, 0.2) is 35.4 Å². The van der Waals surface area contributed by atoms with E-state index < -0.39 is 0 Å². The summed E-state index contributed by atoms with van der Waals surface area (Å²) in [7, 11) is 0. The van der Waals surface area contributed by atoms with Crippen LogP contribution < -0.4 is 5.56 Å². The number of aromatic nitrogens is 2. The molecule has 0 amide bonds. The maximum Gasteiger partial charge on any atom is 0.288 e. The molecule has 0 spiro atoms. The molecule has 0 saturated heterocycles. The van der Waals surface area contributed by atoms with Gasteiger partial charge in [-0.25, -0.2) is 4.98 Å². The summed E-state index contributed by atoms with van der Waals surface area (Å²) in [5.74, 6) is 0. The minimum absolute atomic E-state index is 0.0642. The van der Waals surface area contributed by atoms with Gasteiger partial charge < -0.3 is 4.57 Å². The van der Waals surface area contributed by atoms with Gasteiger partial charge in [0.05, 0.1) is 16.6 Å². The summed E-state index contributed by atoms with van der Waals surface area (Å²) >= 11 is 17.6. The number of halogens is 3. The summed E-state index contributed by atoms with van der Waals surface area (Å²) in [6.07, 6.45) is 3.01. The van der Waals surface area contributed by atoms with Crippen molar-refractivity contribution in [3.8, 4) is 0 Å². The van der Waals surface area contributed by atoms with E-state index in [9.17, 15) is 4.79 Å². The number of nitrogens with zero attached hydrogens (tertiary/aromatic N) is 2. The smallest absolute Gasteiger partial charge is 0.288 e. The summed E-state index contributed by atoms with van der Waals surface area (Å²) in [6, 6.07) is 5.27. The van der Waals surface area contributed by atoms with Gasteiger partial charge in [-0.3, -0.25) is 4.79 Å². The highest BCUT2D eigenvalue weighted by Gasteiger charge is 2.07. The minimum atomic E-state index is -0.356. The number of hydrogen-bond donors (Lipinski definition) is 0. The molecule has 0 radical (unpaired) electrons. The lowest BCUT2D eigenvalue weighted by atomic mass is 10.2. The maximum atomic E-state index is 11.7. The van der Waals surface area contributed by atoms with Crippen LogP contribution in [0.25, 0.3) is 0 Å². The van der Waals surface area contributed by atoms with Crippen molar-refractivity contribution in [2.75, 3.05) is 0 Å². The highest BCUT2D eigenvalue weighted by molar-refractivity contribution is 6.42. The van der Waals surface area contributed by atoms with Crippen LogP contribution in [-0.4, -0.2) is 9.55 Å². The maximum absolute atomic E-state index is 11.7. The molecule has 0 atom stereocenters. The highest BCUT2D eigenvalue weighted by Crippen LogP contribution is 2.25. The quantitative estimate of drug-likeness (QED) is 0.850. The molecular weight excluding hydrogens is 282 g/mol. The number of hydrogen-bond acceptors (Lipinski definition) is 2. The van der Waals surface area contributed by atoms with E-state index in [0.717, 1.165) is 5.56 Å². The Kier molecular flexibility index (Phi) is 3.72. The molecule has 0 aliphatic rings. The molecule has 0 bridgehead atoms. The Morgan fingerprint density at radius 3 is 2.76 bits per heavy atom. The van der Waals surface area contributed by atoms with Crippen molar-refractivity contribution >= 4 is 34.8 Å². The van der Waals surface area contributed by atoms with Crippen LogP contribution >= 0.6 is 34.8 Å². The zero-order chi connectivity index (χ0) is 12.4. The zero-order valence-corrected chi connectivity index (χ0v) is 10.8. The Balaban J connectivity index is 2.42. The third-order valence-corrected chi connectivity index (χ3v) is 3.36. The molecule has 3 nitrogen and oxygen atoms in total. The number of benzene rings is 1. The summed E-state index contributed by atoms with van der Waals surface area (Å²) < 4.78 is 1.42. The predicted octanol–water partition coefficient (Wildman–Crippen LogP) is 3.25. The van der Waals surface area contributed by atoms with Crippen LogP contribution in [0.4, 0.5) is 0 Å². The van der Waals surface area contributed by atoms with Crippen molar-refractivity contribution in [1.29, 1.82) is 0 Å². The lowest BCUT2D eigenvalue weighted by Crippen LogP contribution is -2.21. The monoisotopic (exact) mass is 288 g/mol. The van der Waals surface area contributed by atoms with Gasteiger partial charge in [-0.05, 0) is 11.6 Å². The van der Waals surface area contributed by atoms with Crippen molar-refractivity contribution in [2.24, 2.45) is 0 Å². The summed E-state index contributed by atoms with van der Waals surface area (Å²) in [4.78, 5) is 15.4. The van der Waals surface area contributed by atoms with Crippen molar-refractivity contribution < 1.29 is 0 Å². The SMILES string of the molecule is O=c1c(Cl)nccn1Cc1cccc(Cl)c1Cl. The van der Waals surface area contributed by atoms with E-state index in [1.165, 1.54) is 10.8 Å². The van der Waals surface area contributed by atoms with E-state index in [2.05, 4.69) is 4.98 Å². The van der Waals surface area contributed by atoms with Gasteiger partial charge in [0.15, 0.2) is 5.15 Å². The Hall–Kier alpha value is -1.03. The van der Waals surface area contributed by atoms with Crippen molar-refractivity contribution in [3.05, 3.63) is 61.7 Å². The topological polar surface area (TPSA) is 34.9 Å². The van der Waals surface area contributed by atoms with Crippen LogP contribution in [0.2, 0.25) is 15.2 Å². The lowest BCUT2D eigenvalue weighted by molar-refractivity contribution is 0.748. The molecule has 6 heteroatoms. The molecule has 1 aromatic heterocycles. The first-order valence-electron chi connectivity index (χ1n) is 4.73. The third-order valence-electron chi connectivity index (χ3n) is 2.24. The van der Waals surface area contributed by atoms with Crippen LogP contribution in [0.1, 0.15) is 5.56 Å². The van der Waals surface area contributed by atoms with Crippen LogP contribution in [0.3, 0.4) is 0 Å². The Bertz CT molecular complexity index is 610. The summed E-state index contributed by atoms with van der Waals surface area (Å²) in [5.41, 5.74) is 0.397. The largest absolute Gasteiger partial charge is 0.307 e. The van der Waals surface area contributed by atoms with Crippen LogP contribution in [-0.2, 0) is 6.54 Å². The normalized spacial score (nSPS) is 10.5. The van der Waals surface area contributed by atoms with Gasteiger partial charge in [-0.2, -0.15) is 0 Å². The highest BCUT2D eigenvalue weighted by atomic mass is 35.5. The average Bonchev–Trinajstić information content (AvgIpc) is 2.31. The van der Waals surface area contributed by atoms with Gasteiger partial charge in [0, 0.05) is 12.4 Å². The first-order valence-corrected chi connectivity index (χ1v) is 5.87. The second kappa shape index (κ2) is 5.08. The van der Waals surface area contributed by atoms with Gasteiger partial charge in [-0.15, -0.1) is 0 Å². The summed E-state index contributed by atoms with van der Waals surface area (Å²) in [6.45, 7) is 0.306. The predicted molar refractivity (Wildman–Crippen MR) is 69.1 cm³/mol. The van der Waals surface area contributed by atoms with Crippen molar-refractivity contribution in [1.82, 2.24) is 9.55 Å². The molecule has 0 N–H and O–H groups in total. The molecule has 0 fully saturated rings. The molecule has 2 aromatic rings. The molecule has 2 rings (SSSR count). The van der Waals surface area contributed by atoms with E-state index in [4.69, 9.17) is 34.8 Å². The molecule has 0 saturated carbocycles. The Morgan fingerprint density at radius 1 is 1.24 bits per heavy atom. The molecule has 1 aromatic carbocycles. The van der Waals surface area contributed by atoms with E-state index in [1.807, 2.05) is 0 Å². The Labute approximate surface area is 113 Å². The van der Waals surface area contributed by atoms with E-state index in [0.29, 0.717) is 16.6 Å². The second-order valence-electron chi connectivity index (χ2n) is 3.36. The van der Waals surface area contributed by atoms with E-state index in [1.54, 1.807) is 24.4 Å². The van der Waals surface area contributed by atoms with Crippen LogP contribution in [0, 0.1) is 0 Å². The lowest BCUT2D eigenvalue weighted by Gasteiger charge is -2.08. The molecule has 1 heterocycles. The van der Waals surface area contributed by atoms with Crippen molar-refractivity contribution in [2.45, 2.75) is 6.54 Å². The molecule has 0 unspecified atom stereocenters. The zero-order valence-electron chi connectivity index (χ0n) is 8.53. The van der Waals surface area contributed by atoms with Gasteiger partial charge in [0.2, 0.25) is 0 Å². The fraction of sp³-hybridized carbons (Fsp3) is 0.0909. The van der Waals surface area contributed by atoms with Crippen LogP contribution in [0.5, 0.6) is 0 Å². The fourth-order valence-electron chi connectivity index (χ4n) is 1.40. The standard InChI is InChI=1S/C11H7Cl3N2O/c12-8-3-1-2-7(9(8)13)6-16-5-4-15-10(14)11(16)17/h1-5H,6H2. The Morgan fingerprint density at radius 2 is 2.00 bits per heavy atom. The van der Waals surface area contributed by atoms with Crippen molar-refractivity contribution in [3.63, 3.8) is 0 Å². The second-order valence-corrected chi connectivity index (χ2v) is 4.51. The minimum Gasteiger partial charge on any atom is -0.307 e. The van der Waals surface area contributed by atoms with Gasteiger partial charge in [0.25, 0.3) is 5.56 Å². The first-order chi connectivity index (χ1) is 8.09. The summed E-state index contributed by atoms with van der Waals surface area (Å²) in [5, 5.41) is 0.831. The molecule has 0 aliphatic carbocycles. The first kappa shape index (κ1) is 12.4. The van der Waals surface area contributed by atoms with Gasteiger partial charge in [0.1, 0.15) is 0 Å². The van der Waals surface area contributed by atoms with Gasteiger partial charge >= 0.3 is 0 Å². The molecule has 17 heavy (non-hydrogen) atoms. The average molecular weight is 290 g/mol. The van der Waals surface area contributed by atoms with Gasteiger partial charge in [-0.1, -0.05) is 46.9 Å². The van der Waals surface area contributed by atoms with E-state index >= 15 is 0 Å². The molecule has 88 valence electrons. The molecule has 0 aliphatic heterocycles. The fourth-order valence-corrected chi connectivity index (χ4v) is 1.94.